The van der Waals surface area contributed by atoms with Crippen LogP contribution >= 0.6 is 11.3 Å². The van der Waals surface area contributed by atoms with Gasteiger partial charge in [-0.05, 0) is 25.3 Å². The first-order valence-corrected chi connectivity index (χ1v) is 8.16. The van der Waals surface area contributed by atoms with Crippen LogP contribution in [0.15, 0.2) is 36.0 Å². The SMILES string of the molecule is CCOC(=O)C(C#N)=CNc1nc2c(s1)CCc1ccccc1-2. The van der Waals surface area contributed by atoms with Crippen LogP contribution in [0.25, 0.3) is 11.3 Å². The molecule has 3 rings (SSSR count). The third-order valence-electron chi connectivity index (χ3n) is 3.55. The number of anilines is 1. The van der Waals surface area contributed by atoms with Crippen LogP contribution in [0, 0.1) is 11.3 Å². The molecule has 1 aromatic heterocycles. The van der Waals surface area contributed by atoms with E-state index in [1.165, 1.54) is 16.6 Å². The van der Waals surface area contributed by atoms with Gasteiger partial charge in [0.05, 0.1) is 12.3 Å². The average molecular weight is 325 g/mol. The predicted molar refractivity (Wildman–Crippen MR) is 88.9 cm³/mol. The van der Waals surface area contributed by atoms with Gasteiger partial charge in [0.2, 0.25) is 0 Å². The normalized spacial score (nSPS) is 12.8. The van der Waals surface area contributed by atoms with Gasteiger partial charge in [-0.25, -0.2) is 9.78 Å². The Labute approximate surface area is 138 Å². The van der Waals surface area contributed by atoms with E-state index in [-0.39, 0.29) is 12.2 Å². The van der Waals surface area contributed by atoms with Crippen LogP contribution in [-0.4, -0.2) is 17.6 Å². The molecule has 0 saturated carbocycles. The van der Waals surface area contributed by atoms with Crippen molar-refractivity contribution in [2.24, 2.45) is 0 Å². The largest absolute Gasteiger partial charge is 0.462 e. The van der Waals surface area contributed by atoms with Crippen molar-refractivity contribution in [2.75, 3.05) is 11.9 Å². The predicted octanol–water partition coefficient (Wildman–Crippen LogP) is 3.29. The van der Waals surface area contributed by atoms with E-state index in [4.69, 9.17) is 10.00 Å². The van der Waals surface area contributed by atoms with Crippen LogP contribution in [0.4, 0.5) is 5.13 Å². The first-order valence-electron chi connectivity index (χ1n) is 7.34. The zero-order valence-electron chi connectivity index (χ0n) is 12.6. The number of aromatic nitrogens is 1. The monoisotopic (exact) mass is 325 g/mol. The summed E-state index contributed by atoms with van der Waals surface area (Å²) in [6.07, 6.45) is 3.32. The molecule has 23 heavy (non-hydrogen) atoms. The van der Waals surface area contributed by atoms with Gasteiger partial charge in [0.15, 0.2) is 10.7 Å². The number of thiazole rings is 1. The molecular formula is C17H15N3O2S. The third-order valence-corrected chi connectivity index (χ3v) is 4.59. The molecular weight excluding hydrogens is 310 g/mol. The molecule has 1 aromatic carbocycles. The van der Waals surface area contributed by atoms with Crippen molar-refractivity contribution in [3.05, 3.63) is 46.5 Å². The maximum Gasteiger partial charge on any atom is 0.350 e. The number of ether oxygens (including phenoxy) is 1. The Kier molecular flexibility index (Phi) is 4.40. The highest BCUT2D eigenvalue weighted by molar-refractivity contribution is 7.16. The molecule has 1 N–H and O–H groups in total. The van der Waals surface area contributed by atoms with E-state index in [2.05, 4.69) is 22.4 Å². The molecule has 0 unspecified atom stereocenters. The van der Waals surface area contributed by atoms with Crippen LogP contribution in [0.1, 0.15) is 17.4 Å². The summed E-state index contributed by atoms with van der Waals surface area (Å²) >= 11 is 1.55. The van der Waals surface area contributed by atoms with Gasteiger partial charge < -0.3 is 10.1 Å². The number of nitrogens with one attached hydrogen (secondary N) is 1. The van der Waals surface area contributed by atoms with Crippen LogP contribution < -0.4 is 5.32 Å². The summed E-state index contributed by atoms with van der Waals surface area (Å²) in [7, 11) is 0. The minimum Gasteiger partial charge on any atom is -0.462 e. The fourth-order valence-electron chi connectivity index (χ4n) is 2.49. The van der Waals surface area contributed by atoms with Gasteiger partial charge in [-0.2, -0.15) is 5.26 Å². The van der Waals surface area contributed by atoms with Gasteiger partial charge >= 0.3 is 5.97 Å². The minimum absolute atomic E-state index is 0.0691. The van der Waals surface area contributed by atoms with Crippen molar-refractivity contribution in [1.29, 1.82) is 5.26 Å². The quantitative estimate of drug-likeness (QED) is 0.530. The summed E-state index contributed by atoms with van der Waals surface area (Å²) in [5.74, 6) is -0.630. The van der Waals surface area contributed by atoms with Gasteiger partial charge in [0.1, 0.15) is 6.07 Å². The Balaban J connectivity index is 1.84. The van der Waals surface area contributed by atoms with E-state index in [0.717, 1.165) is 24.1 Å². The molecule has 116 valence electrons. The number of rotatable bonds is 4. The molecule has 0 saturated heterocycles. The van der Waals surface area contributed by atoms with Crippen molar-refractivity contribution >= 4 is 22.4 Å². The van der Waals surface area contributed by atoms with Gasteiger partial charge in [0.25, 0.3) is 0 Å². The topological polar surface area (TPSA) is 75.0 Å². The first kappa shape index (κ1) is 15.3. The molecule has 0 radical (unpaired) electrons. The fourth-order valence-corrected chi connectivity index (χ4v) is 3.44. The molecule has 0 spiro atoms. The molecule has 0 aliphatic heterocycles. The van der Waals surface area contributed by atoms with Crippen molar-refractivity contribution in [3.63, 3.8) is 0 Å². The molecule has 1 heterocycles. The lowest BCUT2D eigenvalue weighted by Gasteiger charge is -2.13. The average Bonchev–Trinajstić information content (AvgIpc) is 2.99. The lowest BCUT2D eigenvalue weighted by molar-refractivity contribution is -0.138. The van der Waals surface area contributed by atoms with E-state index in [9.17, 15) is 4.79 Å². The molecule has 0 fully saturated rings. The Morgan fingerprint density at radius 1 is 1.48 bits per heavy atom. The maximum atomic E-state index is 11.6. The van der Waals surface area contributed by atoms with E-state index >= 15 is 0 Å². The number of carbonyl (C=O) groups excluding carboxylic acids is 1. The summed E-state index contributed by atoms with van der Waals surface area (Å²) in [6, 6.07) is 10.1. The number of hydrogen-bond donors (Lipinski definition) is 1. The minimum atomic E-state index is -0.630. The number of benzene rings is 1. The summed E-state index contributed by atoms with van der Waals surface area (Å²) in [4.78, 5) is 17.4. The Bertz CT molecular complexity index is 817. The lowest BCUT2D eigenvalue weighted by atomic mass is 9.94. The van der Waals surface area contributed by atoms with Crippen LogP contribution in [0.3, 0.4) is 0 Å². The fraction of sp³-hybridized carbons (Fsp3) is 0.235. The summed E-state index contributed by atoms with van der Waals surface area (Å²) in [5, 5.41) is 12.6. The van der Waals surface area contributed by atoms with Crippen molar-refractivity contribution in [3.8, 4) is 17.3 Å². The smallest absolute Gasteiger partial charge is 0.350 e. The van der Waals surface area contributed by atoms with Crippen LogP contribution in [-0.2, 0) is 22.4 Å². The Hall–Kier alpha value is -2.65. The number of fused-ring (bicyclic) bond motifs is 3. The number of nitrogens with zero attached hydrogens (tertiary/aromatic N) is 2. The van der Waals surface area contributed by atoms with Crippen molar-refractivity contribution in [2.45, 2.75) is 19.8 Å². The number of hydrogen-bond acceptors (Lipinski definition) is 6. The molecule has 1 aliphatic carbocycles. The number of carbonyl (C=O) groups is 1. The zero-order chi connectivity index (χ0) is 16.2. The highest BCUT2D eigenvalue weighted by atomic mass is 32.1. The number of aryl methyl sites for hydroxylation is 2. The van der Waals surface area contributed by atoms with Gasteiger partial charge in [-0.15, -0.1) is 11.3 Å². The van der Waals surface area contributed by atoms with Gasteiger partial charge in [-0.1, -0.05) is 24.3 Å². The molecule has 0 bridgehead atoms. The van der Waals surface area contributed by atoms with Crippen LogP contribution in [0.5, 0.6) is 0 Å². The molecule has 5 nitrogen and oxygen atoms in total. The highest BCUT2D eigenvalue weighted by Crippen LogP contribution is 2.37. The highest BCUT2D eigenvalue weighted by Gasteiger charge is 2.20. The standard InChI is InChI=1S/C17H15N3O2S/c1-2-22-16(21)12(9-18)10-19-17-20-15-13-6-4-3-5-11(13)7-8-14(15)23-17/h3-6,10H,2,7-8H2,1H3,(H,19,20). The summed E-state index contributed by atoms with van der Waals surface area (Å²) < 4.78 is 4.82. The van der Waals surface area contributed by atoms with E-state index in [0.29, 0.717) is 5.13 Å². The maximum absolute atomic E-state index is 11.6. The van der Waals surface area contributed by atoms with Gasteiger partial charge in [0, 0.05) is 16.6 Å². The summed E-state index contributed by atoms with van der Waals surface area (Å²) in [5.41, 5.74) is 3.38. The molecule has 1 aliphatic rings. The van der Waals surface area contributed by atoms with Crippen LogP contribution in [0.2, 0.25) is 0 Å². The second-order valence-electron chi connectivity index (χ2n) is 4.98. The number of esters is 1. The van der Waals surface area contributed by atoms with E-state index in [1.54, 1.807) is 18.3 Å². The second-order valence-corrected chi connectivity index (χ2v) is 6.07. The van der Waals surface area contributed by atoms with E-state index in [1.807, 2.05) is 18.2 Å². The molecule has 0 atom stereocenters. The lowest BCUT2D eigenvalue weighted by Crippen LogP contribution is -2.07. The number of nitriles is 1. The van der Waals surface area contributed by atoms with Gasteiger partial charge in [-0.3, -0.25) is 0 Å². The second kappa shape index (κ2) is 6.63. The van der Waals surface area contributed by atoms with Crippen molar-refractivity contribution < 1.29 is 9.53 Å². The summed E-state index contributed by atoms with van der Waals surface area (Å²) in [6.45, 7) is 1.94. The Morgan fingerprint density at radius 3 is 3.09 bits per heavy atom. The molecule has 0 amide bonds. The third kappa shape index (κ3) is 3.10. The van der Waals surface area contributed by atoms with Crippen molar-refractivity contribution in [1.82, 2.24) is 4.98 Å². The first-order chi connectivity index (χ1) is 11.2. The van der Waals surface area contributed by atoms with E-state index < -0.39 is 5.97 Å². The zero-order valence-corrected chi connectivity index (χ0v) is 13.4. The molecule has 2 aromatic rings. The molecule has 6 heteroatoms. The Morgan fingerprint density at radius 2 is 2.30 bits per heavy atom.